The Morgan fingerprint density at radius 1 is 0.553 bits per heavy atom. The predicted octanol–water partition coefficient (Wildman–Crippen LogP) is 8.83. The summed E-state index contributed by atoms with van der Waals surface area (Å²) in [6.45, 7) is 20.8. The van der Waals surface area contributed by atoms with Crippen LogP contribution in [0, 0.1) is 0 Å². The van der Waals surface area contributed by atoms with Crippen LogP contribution in [0.1, 0.15) is 70.0 Å². The lowest BCUT2D eigenvalue weighted by Crippen LogP contribution is -2.45. The molecule has 0 aliphatic carbocycles. The minimum Gasteiger partial charge on any atom is -0.493 e. The summed E-state index contributed by atoms with van der Waals surface area (Å²) in [7, 11) is 0. The third-order valence-electron chi connectivity index (χ3n) is 9.30. The van der Waals surface area contributed by atoms with Crippen LogP contribution < -0.4 is 24.3 Å². The predicted molar refractivity (Wildman–Crippen MR) is 196 cm³/mol. The van der Waals surface area contributed by atoms with E-state index in [1.165, 1.54) is 0 Å². The third-order valence-corrected chi connectivity index (χ3v) is 9.30. The molecule has 1 aliphatic rings. The zero-order valence-corrected chi connectivity index (χ0v) is 29.1. The monoisotopic (exact) mass is 634 g/mol. The van der Waals surface area contributed by atoms with E-state index in [1.54, 1.807) is 0 Å². The molecular formula is C40H50N4O3. The number of nitrogens with zero attached hydrogens (tertiary/aromatic N) is 4. The van der Waals surface area contributed by atoms with E-state index in [-0.39, 0.29) is 5.97 Å². The first kappa shape index (κ1) is 33.7. The molecule has 1 atom stereocenters. The van der Waals surface area contributed by atoms with Crippen LogP contribution in [0.25, 0.3) is 0 Å². The molecule has 7 nitrogen and oxygen atoms in total. The molecule has 4 aromatic carbocycles. The summed E-state index contributed by atoms with van der Waals surface area (Å²) < 4.78 is 13.2. The molecule has 4 aromatic rings. The smallest absolute Gasteiger partial charge is 0.341 e. The standard InChI is InChI=1S/C40H50N4O3/c1-8-41(9-2)30-19-23-32(24-20-30)44(33-25-21-31(22-26-33)42(10-3)11-4)40(36-18-16-15-17-35(36)39(45)47-40)37-28-27-34(43(12-5)13-6)29-38(37)46-14-7/h15-29H,8-14H2,1-7H3. The van der Waals surface area contributed by atoms with Crippen molar-refractivity contribution in [2.24, 2.45) is 0 Å². The van der Waals surface area contributed by atoms with Crippen LogP contribution in [-0.4, -0.2) is 51.8 Å². The lowest BCUT2D eigenvalue weighted by Gasteiger charge is -2.43. The summed E-state index contributed by atoms with van der Waals surface area (Å²) in [6, 6.07) is 31.2. The van der Waals surface area contributed by atoms with E-state index in [9.17, 15) is 4.79 Å². The molecule has 0 spiro atoms. The average Bonchev–Trinajstić information content (AvgIpc) is 3.40. The zero-order chi connectivity index (χ0) is 33.6. The van der Waals surface area contributed by atoms with Gasteiger partial charge in [0.1, 0.15) is 5.75 Å². The molecule has 248 valence electrons. The molecule has 0 fully saturated rings. The van der Waals surface area contributed by atoms with Crippen molar-refractivity contribution in [3.63, 3.8) is 0 Å². The van der Waals surface area contributed by atoms with Gasteiger partial charge in [-0.25, -0.2) is 4.79 Å². The van der Waals surface area contributed by atoms with Gasteiger partial charge in [0.05, 0.1) is 17.7 Å². The number of carbonyl (C=O) groups is 1. The number of ether oxygens (including phenoxy) is 2. The molecule has 0 N–H and O–H groups in total. The molecule has 1 heterocycles. The van der Waals surface area contributed by atoms with Crippen LogP contribution in [0.3, 0.4) is 0 Å². The molecule has 0 bridgehead atoms. The zero-order valence-electron chi connectivity index (χ0n) is 29.1. The van der Waals surface area contributed by atoms with Crippen LogP contribution in [0.5, 0.6) is 5.75 Å². The summed E-state index contributed by atoms with van der Waals surface area (Å²) in [6.07, 6.45) is 0. The number of benzene rings is 4. The van der Waals surface area contributed by atoms with Gasteiger partial charge in [-0.1, -0.05) is 18.2 Å². The molecule has 0 radical (unpaired) electrons. The second-order valence-electron chi connectivity index (χ2n) is 11.6. The Kier molecular flexibility index (Phi) is 10.6. The second-order valence-corrected chi connectivity index (χ2v) is 11.6. The van der Waals surface area contributed by atoms with E-state index in [0.29, 0.717) is 17.9 Å². The number of hydrogen-bond acceptors (Lipinski definition) is 7. The second kappa shape index (κ2) is 14.8. The Morgan fingerprint density at radius 3 is 1.49 bits per heavy atom. The van der Waals surface area contributed by atoms with Gasteiger partial charge in [0.2, 0.25) is 5.72 Å². The minimum absolute atomic E-state index is 0.361. The van der Waals surface area contributed by atoms with Crippen molar-refractivity contribution in [2.45, 2.75) is 54.2 Å². The fourth-order valence-corrected chi connectivity index (χ4v) is 6.85. The molecule has 0 saturated heterocycles. The Hall–Kier alpha value is -4.65. The van der Waals surface area contributed by atoms with Crippen molar-refractivity contribution in [1.82, 2.24) is 0 Å². The highest BCUT2D eigenvalue weighted by Gasteiger charge is 2.54. The molecule has 7 heteroatoms. The highest BCUT2D eigenvalue weighted by atomic mass is 16.6. The van der Waals surface area contributed by atoms with Crippen LogP contribution in [0.15, 0.2) is 91.0 Å². The average molecular weight is 635 g/mol. The van der Waals surface area contributed by atoms with Crippen LogP contribution in [0.4, 0.5) is 28.4 Å². The minimum atomic E-state index is -1.34. The molecule has 0 amide bonds. The number of hydrogen-bond donors (Lipinski definition) is 0. The summed E-state index contributed by atoms with van der Waals surface area (Å²) in [4.78, 5) is 23.0. The van der Waals surface area contributed by atoms with Gasteiger partial charge in [-0.2, -0.15) is 0 Å². The van der Waals surface area contributed by atoms with Crippen molar-refractivity contribution >= 4 is 34.4 Å². The van der Waals surface area contributed by atoms with Gasteiger partial charge in [0.25, 0.3) is 0 Å². The van der Waals surface area contributed by atoms with Crippen LogP contribution in [0.2, 0.25) is 0 Å². The van der Waals surface area contributed by atoms with E-state index in [4.69, 9.17) is 9.47 Å². The molecule has 1 unspecified atom stereocenters. The van der Waals surface area contributed by atoms with Crippen LogP contribution in [-0.2, 0) is 10.5 Å². The lowest BCUT2D eigenvalue weighted by molar-refractivity contribution is 0.0124. The number of carbonyl (C=O) groups excluding carboxylic acids is 1. The Bertz CT molecular complexity index is 1570. The van der Waals surface area contributed by atoms with Gasteiger partial charge in [0.15, 0.2) is 0 Å². The first-order valence-corrected chi connectivity index (χ1v) is 17.3. The number of esters is 1. The van der Waals surface area contributed by atoms with Gasteiger partial charge in [-0.05, 0) is 115 Å². The van der Waals surface area contributed by atoms with E-state index in [1.807, 2.05) is 31.2 Å². The number of fused-ring (bicyclic) bond motifs is 1. The SMILES string of the molecule is CCOc1cc(N(CC)CC)ccc1C1(N(c2ccc(N(CC)CC)cc2)c2ccc(N(CC)CC)cc2)OC(=O)c2ccccc21. The van der Waals surface area contributed by atoms with Crippen molar-refractivity contribution in [3.8, 4) is 5.75 Å². The summed E-state index contributed by atoms with van der Waals surface area (Å²) in [5, 5.41) is 0. The van der Waals surface area contributed by atoms with Gasteiger partial charge in [-0.15, -0.1) is 0 Å². The van der Waals surface area contributed by atoms with Crippen molar-refractivity contribution in [2.75, 3.05) is 65.5 Å². The topological polar surface area (TPSA) is 48.5 Å². The van der Waals surface area contributed by atoms with Gasteiger partial charge in [0, 0.05) is 79.3 Å². The molecule has 1 aliphatic heterocycles. The molecule has 0 saturated carbocycles. The molecular weight excluding hydrogens is 584 g/mol. The first-order valence-electron chi connectivity index (χ1n) is 17.3. The largest absolute Gasteiger partial charge is 0.493 e. The van der Waals surface area contributed by atoms with E-state index in [2.05, 4.69) is 128 Å². The molecule has 5 rings (SSSR count). The van der Waals surface area contributed by atoms with E-state index >= 15 is 0 Å². The Morgan fingerprint density at radius 2 is 1.00 bits per heavy atom. The van der Waals surface area contributed by atoms with Crippen molar-refractivity contribution in [1.29, 1.82) is 0 Å². The fourth-order valence-electron chi connectivity index (χ4n) is 6.85. The van der Waals surface area contributed by atoms with E-state index in [0.717, 1.165) is 78.8 Å². The summed E-state index contributed by atoms with van der Waals surface area (Å²) in [5.41, 5.74) is 5.91. The van der Waals surface area contributed by atoms with Gasteiger partial charge < -0.3 is 24.2 Å². The van der Waals surface area contributed by atoms with Crippen LogP contribution >= 0.6 is 0 Å². The quantitative estimate of drug-likeness (QED) is 0.121. The maximum atomic E-state index is 13.9. The van der Waals surface area contributed by atoms with E-state index < -0.39 is 5.72 Å². The highest BCUT2D eigenvalue weighted by molar-refractivity contribution is 5.97. The summed E-state index contributed by atoms with van der Waals surface area (Å²) >= 11 is 0. The molecule has 47 heavy (non-hydrogen) atoms. The Balaban J connectivity index is 1.82. The summed E-state index contributed by atoms with van der Waals surface area (Å²) in [5.74, 6) is 0.325. The molecule has 0 aromatic heterocycles. The Labute approximate surface area is 281 Å². The fraction of sp³-hybridized carbons (Fsp3) is 0.375. The van der Waals surface area contributed by atoms with Gasteiger partial charge >= 0.3 is 5.97 Å². The van der Waals surface area contributed by atoms with Gasteiger partial charge in [-0.3, -0.25) is 4.90 Å². The van der Waals surface area contributed by atoms with Crippen molar-refractivity contribution in [3.05, 3.63) is 108 Å². The van der Waals surface area contributed by atoms with Crippen molar-refractivity contribution < 1.29 is 14.3 Å². The normalized spacial score (nSPS) is 15.2. The maximum Gasteiger partial charge on any atom is 0.341 e. The number of anilines is 5. The first-order chi connectivity index (χ1) is 22.9. The number of rotatable bonds is 15. The maximum absolute atomic E-state index is 13.9. The lowest BCUT2D eigenvalue weighted by atomic mass is 9.89. The third kappa shape index (κ3) is 6.23. The number of cyclic esters (lactones) is 1. The highest BCUT2D eigenvalue weighted by Crippen LogP contribution is 2.53.